The van der Waals surface area contributed by atoms with Gasteiger partial charge >= 0.3 is 0 Å². The molecule has 0 aliphatic heterocycles. The molecule has 0 aliphatic rings. The lowest BCUT2D eigenvalue weighted by atomic mass is 10.5. The maximum atomic E-state index is 11.2. The highest BCUT2D eigenvalue weighted by Gasteiger charge is 2.20. The molecule has 0 saturated heterocycles. The molecule has 0 aromatic carbocycles. The van der Waals surface area contributed by atoms with Crippen LogP contribution in [0.15, 0.2) is 6.33 Å². The van der Waals surface area contributed by atoms with Crippen LogP contribution in [-0.2, 0) is 10.0 Å². The molecule has 1 atom stereocenters. The van der Waals surface area contributed by atoms with Gasteiger partial charge in [-0.15, -0.1) is 0 Å². The third-order valence-electron chi connectivity index (χ3n) is 1.30. The summed E-state index contributed by atoms with van der Waals surface area (Å²) in [6.07, 6.45) is 1.16. The summed E-state index contributed by atoms with van der Waals surface area (Å²) in [6.45, 7) is 1.28. The topological polar surface area (TPSA) is 112 Å². The molecule has 1 aromatic rings. The van der Waals surface area contributed by atoms with Crippen molar-refractivity contribution in [2.45, 2.75) is 12.2 Å². The van der Waals surface area contributed by atoms with Crippen LogP contribution in [0.5, 0.6) is 0 Å². The zero-order chi connectivity index (χ0) is 9.90. The van der Waals surface area contributed by atoms with E-state index in [2.05, 4.69) is 19.9 Å². The molecule has 13 heavy (non-hydrogen) atoms. The molecule has 8 heteroatoms. The van der Waals surface area contributed by atoms with Crippen molar-refractivity contribution in [3.8, 4) is 6.07 Å². The van der Waals surface area contributed by atoms with Gasteiger partial charge in [0.05, 0.1) is 6.07 Å². The summed E-state index contributed by atoms with van der Waals surface area (Å²) < 4.78 is 24.5. The van der Waals surface area contributed by atoms with Crippen molar-refractivity contribution in [3.05, 3.63) is 6.33 Å². The van der Waals surface area contributed by atoms with Crippen LogP contribution >= 0.6 is 0 Å². The number of hydrogen-bond acceptors (Lipinski definition) is 5. The second-order valence-electron chi connectivity index (χ2n) is 2.25. The fourth-order valence-electron chi connectivity index (χ4n) is 0.547. The summed E-state index contributed by atoms with van der Waals surface area (Å²) in [7, 11) is -3.68. The second kappa shape index (κ2) is 3.40. The highest BCUT2D eigenvalue weighted by Crippen LogP contribution is 2.03. The summed E-state index contributed by atoms with van der Waals surface area (Å²) >= 11 is 0. The molecule has 0 spiro atoms. The number of rotatable bonds is 3. The van der Waals surface area contributed by atoms with Gasteiger partial charge < -0.3 is 0 Å². The Hall–Kier alpha value is -1.62. The third kappa shape index (κ3) is 2.16. The lowest BCUT2D eigenvalue weighted by Gasteiger charge is -2.04. The Balaban J connectivity index is 2.81. The zero-order valence-electron chi connectivity index (χ0n) is 6.72. The molecule has 0 amide bonds. The Morgan fingerprint density at radius 1 is 1.77 bits per heavy atom. The zero-order valence-corrected chi connectivity index (χ0v) is 7.54. The van der Waals surface area contributed by atoms with E-state index >= 15 is 0 Å². The largest absolute Gasteiger partial charge is 0.251 e. The highest BCUT2D eigenvalue weighted by molar-refractivity contribution is 7.93. The molecule has 0 radical (unpaired) electrons. The van der Waals surface area contributed by atoms with Crippen molar-refractivity contribution < 1.29 is 8.42 Å². The number of nitrogens with one attached hydrogen (secondary N) is 2. The van der Waals surface area contributed by atoms with Gasteiger partial charge in [-0.1, -0.05) is 0 Å². The smallest absolute Gasteiger partial charge is 0.250 e. The van der Waals surface area contributed by atoms with E-state index in [0.717, 1.165) is 6.33 Å². The normalized spacial score (nSPS) is 13.2. The van der Waals surface area contributed by atoms with Crippen LogP contribution in [-0.4, -0.2) is 28.8 Å². The van der Waals surface area contributed by atoms with Gasteiger partial charge in [-0.2, -0.15) is 15.3 Å². The minimum atomic E-state index is -3.68. The first-order valence-corrected chi connectivity index (χ1v) is 4.87. The number of sulfonamides is 1. The summed E-state index contributed by atoms with van der Waals surface area (Å²) in [4.78, 5) is 3.55. The Kier molecular flexibility index (Phi) is 2.48. The molecule has 1 aromatic heterocycles. The van der Waals surface area contributed by atoms with Gasteiger partial charge in [0.15, 0.2) is 5.25 Å². The van der Waals surface area contributed by atoms with Crippen LogP contribution in [0.25, 0.3) is 0 Å². The first kappa shape index (κ1) is 9.47. The highest BCUT2D eigenvalue weighted by atomic mass is 32.2. The van der Waals surface area contributed by atoms with E-state index in [1.54, 1.807) is 6.07 Å². The van der Waals surface area contributed by atoms with Crippen LogP contribution in [0.4, 0.5) is 5.95 Å². The van der Waals surface area contributed by atoms with Gasteiger partial charge in [-0.25, -0.2) is 13.5 Å². The lowest BCUT2D eigenvalue weighted by Crippen LogP contribution is -2.24. The van der Waals surface area contributed by atoms with E-state index < -0.39 is 15.3 Å². The standard InChI is InChI=1S/C5H7N5O2S/c1-4(2-6)13(11,12)10-5-7-3-8-9-5/h3-4H,1H3,(H2,7,8,9,10). The van der Waals surface area contributed by atoms with Crippen molar-refractivity contribution >= 4 is 16.0 Å². The minimum Gasteiger partial charge on any atom is -0.250 e. The fourth-order valence-corrected chi connectivity index (χ4v) is 1.23. The first-order chi connectivity index (χ1) is 6.06. The molecule has 70 valence electrons. The van der Waals surface area contributed by atoms with Gasteiger partial charge in [0.1, 0.15) is 6.33 Å². The maximum absolute atomic E-state index is 11.2. The van der Waals surface area contributed by atoms with Crippen LogP contribution in [0, 0.1) is 11.3 Å². The summed E-state index contributed by atoms with van der Waals surface area (Å²) in [5, 5.41) is 13.0. The summed E-state index contributed by atoms with van der Waals surface area (Å²) in [5.74, 6) is 0.00194. The molecular weight excluding hydrogens is 194 g/mol. The van der Waals surface area contributed by atoms with Gasteiger partial charge in [0.25, 0.3) is 10.0 Å². The molecule has 1 unspecified atom stereocenters. The number of anilines is 1. The molecular formula is C5H7N5O2S. The molecule has 1 heterocycles. The molecule has 7 nitrogen and oxygen atoms in total. The maximum Gasteiger partial charge on any atom is 0.251 e. The molecule has 0 aliphatic carbocycles. The van der Waals surface area contributed by atoms with Crippen molar-refractivity contribution in [3.63, 3.8) is 0 Å². The SMILES string of the molecule is CC(C#N)S(=O)(=O)Nc1ncn[nH]1. The van der Waals surface area contributed by atoms with E-state index in [9.17, 15) is 8.42 Å². The number of nitrogens with zero attached hydrogens (tertiary/aromatic N) is 3. The van der Waals surface area contributed by atoms with E-state index in [0.29, 0.717) is 0 Å². The minimum absolute atomic E-state index is 0.00194. The average molecular weight is 201 g/mol. The monoisotopic (exact) mass is 201 g/mol. The first-order valence-electron chi connectivity index (χ1n) is 3.33. The number of H-pyrrole nitrogens is 1. The number of hydrogen-bond donors (Lipinski definition) is 2. The molecule has 0 saturated carbocycles. The molecule has 2 N–H and O–H groups in total. The third-order valence-corrected chi connectivity index (χ3v) is 2.82. The quantitative estimate of drug-likeness (QED) is 0.682. The number of nitriles is 1. The van der Waals surface area contributed by atoms with E-state index in [1.807, 2.05) is 0 Å². The van der Waals surface area contributed by atoms with Crippen molar-refractivity contribution in [1.82, 2.24) is 15.2 Å². The van der Waals surface area contributed by atoms with Gasteiger partial charge in [0, 0.05) is 0 Å². The van der Waals surface area contributed by atoms with E-state index in [-0.39, 0.29) is 5.95 Å². The second-order valence-corrected chi connectivity index (χ2v) is 4.25. The van der Waals surface area contributed by atoms with Gasteiger partial charge in [-0.3, -0.25) is 4.72 Å². The Morgan fingerprint density at radius 3 is 2.92 bits per heavy atom. The fraction of sp³-hybridized carbons (Fsp3) is 0.400. The number of aromatic nitrogens is 3. The predicted molar refractivity (Wildman–Crippen MR) is 44.0 cm³/mol. The Labute approximate surface area is 74.8 Å². The van der Waals surface area contributed by atoms with E-state index in [1.165, 1.54) is 6.92 Å². The van der Waals surface area contributed by atoms with E-state index in [4.69, 9.17) is 5.26 Å². The molecule has 1 rings (SSSR count). The van der Waals surface area contributed by atoms with Crippen LogP contribution in [0.1, 0.15) is 6.92 Å². The predicted octanol–water partition coefficient (Wildman–Crippen LogP) is -0.542. The Bertz CT molecular complexity index is 403. The number of aromatic amines is 1. The average Bonchev–Trinajstić information content (AvgIpc) is 2.54. The summed E-state index contributed by atoms with van der Waals surface area (Å²) in [6, 6.07) is 1.61. The van der Waals surface area contributed by atoms with Crippen LogP contribution < -0.4 is 4.72 Å². The van der Waals surface area contributed by atoms with Crippen molar-refractivity contribution in [2.24, 2.45) is 0 Å². The van der Waals surface area contributed by atoms with Gasteiger partial charge in [-0.05, 0) is 6.92 Å². The van der Waals surface area contributed by atoms with Gasteiger partial charge in [0.2, 0.25) is 5.95 Å². The van der Waals surface area contributed by atoms with Crippen molar-refractivity contribution in [2.75, 3.05) is 4.72 Å². The summed E-state index contributed by atoms with van der Waals surface area (Å²) in [5.41, 5.74) is 0. The Morgan fingerprint density at radius 2 is 2.46 bits per heavy atom. The van der Waals surface area contributed by atoms with Crippen LogP contribution in [0.2, 0.25) is 0 Å². The van der Waals surface area contributed by atoms with Crippen LogP contribution in [0.3, 0.4) is 0 Å². The van der Waals surface area contributed by atoms with Crippen molar-refractivity contribution in [1.29, 1.82) is 5.26 Å². The lowest BCUT2D eigenvalue weighted by molar-refractivity contribution is 0.597. The molecule has 0 fully saturated rings. The molecule has 0 bridgehead atoms.